The summed E-state index contributed by atoms with van der Waals surface area (Å²) in [5.74, 6) is -1.65. The predicted molar refractivity (Wildman–Crippen MR) is 60.0 cm³/mol. The highest BCUT2D eigenvalue weighted by Crippen LogP contribution is 2.20. The lowest BCUT2D eigenvalue weighted by Gasteiger charge is -2.13. The molecule has 2 N–H and O–H groups in total. The maximum Gasteiger partial charge on any atom is 0.325 e. The summed E-state index contributed by atoms with van der Waals surface area (Å²) in [6, 6.07) is 2.68. The number of carbonyl (C=O) groups is 1. The first-order valence-corrected chi connectivity index (χ1v) is 4.95. The third-order valence-electron chi connectivity index (χ3n) is 1.93. The Bertz CT molecular complexity index is 389. The van der Waals surface area contributed by atoms with Gasteiger partial charge in [-0.3, -0.25) is 10.1 Å². The van der Waals surface area contributed by atoms with Crippen molar-refractivity contribution in [3.8, 4) is 0 Å². The zero-order valence-corrected chi connectivity index (χ0v) is 9.17. The third-order valence-corrected chi connectivity index (χ3v) is 2.15. The number of aliphatic carboxylic acids is 1. The van der Waals surface area contributed by atoms with Crippen LogP contribution in [0.15, 0.2) is 30.9 Å². The Morgan fingerprint density at radius 2 is 2.31 bits per heavy atom. The van der Waals surface area contributed by atoms with E-state index in [0.29, 0.717) is 6.54 Å². The number of halogens is 2. The van der Waals surface area contributed by atoms with E-state index in [9.17, 15) is 9.18 Å². The molecule has 0 aliphatic heterocycles. The summed E-state index contributed by atoms with van der Waals surface area (Å²) >= 11 is 5.65. The molecule has 1 atom stereocenters. The zero-order chi connectivity index (χ0) is 12.1. The molecule has 0 bridgehead atoms. The second kappa shape index (κ2) is 5.63. The Kier molecular flexibility index (Phi) is 4.46. The molecule has 0 heterocycles. The average Bonchev–Trinajstić information content (AvgIpc) is 2.16. The van der Waals surface area contributed by atoms with Crippen LogP contribution < -0.4 is 5.32 Å². The molecule has 0 saturated carbocycles. The Labute approximate surface area is 97.5 Å². The first-order valence-electron chi connectivity index (χ1n) is 4.57. The second-order valence-corrected chi connectivity index (χ2v) is 3.61. The van der Waals surface area contributed by atoms with Crippen molar-refractivity contribution in [2.24, 2.45) is 0 Å². The fourth-order valence-electron chi connectivity index (χ4n) is 1.29. The molecule has 0 aliphatic carbocycles. The van der Waals surface area contributed by atoms with Crippen LogP contribution in [0.2, 0.25) is 5.02 Å². The minimum absolute atomic E-state index is 0.168. The van der Waals surface area contributed by atoms with Gasteiger partial charge in [-0.25, -0.2) is 4.39 Å². The fourth-order valence-corrected chi connectivity index (χ4v) is 1.52. The molecule has 1 unspecified atom stereocenters. The number of carboxylic acids is 1. The van der Waals surface area contributed by atoms with E-state index in [4.69, 9.17) is 16.7 Å². The number of rotatable bonds is 5. The predicted octanol–water partition coefficient (Wildman–Crippen LogP) is 2.38. The van der Waals surface area contributed by atoms with Crippen molar-refractivity contribution in [3.05, 3.63) is 47.3 Å². The quantitative estimate of drug-likeness (QED) is 0.781. The highest BCUT2D eigenvalue weighted by molar-refractivity contribution is 6.30. The third kappa shape index (κ3) is 3.32. The summed E-state index contributed by atoms with van der Waals surface area (Å²) in [5.41, 5.74) is 0.277. The second-order valence-electron chi connectivity index (χ2n) is 3.17. The van der Waals surface area contributed by atoms with Crippen LogP contribution in [-0.4, -0.2) is 17.6 Å². The standard InChI is InChI=1S/C11H11ClFNO2/c1-2-3-14-10(11(15)16)7-4-8(12)6-9(13)5-7/h2,4-6,10,14H,1,3H2,(H,15,16). The molecule has 0 saturated heterocycles. The highest BCUT2D eigenvalue weighted by atomic mass is 35.5. The first kappa shape index (κ1) is 12.7. The lowest BCUT2D eigenvalue weighted by atomic mass is 10.1. The first-order chi connectivity index (χ1) is 7.54. The molecule has 16 heavy (non-hydrogen) atoms. The molecule has 0 aromatic heterocycles. The molecule has 0 radical (unpaired) electrons. The summed E-state index contributed by atoms with van der Waals surface area (Å²) in [6.07, 6.45) is 1.52. The van der Waals surface area contributed by atoms with E-state index >= 15 is 0 Å². The zero-order valence-electron chi connectivity index (χ0n) is 8.41. The van der Waals surface area contributed by atoms with Crippen LogP contribution >= 0.6 is 11.6 Å². The minimum Gasteiger partial charge on any atom is -0.480 e. The van der Waals surface area contributed by atoms with E-state index in [0.717, 1.165) is 12.1 Å². The van der Waals surface area contributed by atoms with Crippen molar-refractivity contribution in [1.29, 1.82) is 0 Å². The molecule has 0 aliphatic rings. The number of hydrogen-bond acceptors (Lipinski definition) is 2. The van der Waals surface area contributed by atoms with Crippen LogP contribution in [0.25, 0.3) is 0 Å². The van der Waals surface area contributed by atoms with Gasteiger partial charge in [0.15, 0.2) is 0 Å². The van der Waals surface area contributed by atoms with Crippen molar-refractivity contribution < 1.29 is 14.3 Å². The van der Waals surface area contributed by atoms with E-state index in [2.05, 4.69) is 11.9 Å². The van der Waals surface area contributed by atoms with Crippen molar-refractivity contribution >= 4 is 17.6 Å². The molecular weight excluding hydrogens is 233 g/mol. The normalized spacial score (nSPS) is 12.1. The van der Waals surface area contributed by atoms with Crippen LogP contribution in [0.3, 0.4) is 0 Å². The van der Waals surface area contributed by atoms with Gasteiger partial charge in [0.05, 0.1) is 0 Å². The van der Waals surface area contributed by atoms with Gasteiger partial charge in [0.25, 0.3) is 0 Å². The average molecular weight is 244 g/mol. The summed E-state index contributed by atoms with van der Waals surface area (Å²) in [6.45, 7) is 3.78. The molecule has 0 spiro atoms. The van der Waals surface area contributed by atoms with Gasteiger partial charge in [-0.15, -0.1) is 6.58 Å². The maximum atomic E-state index is 13.0. The van der Waals surface area contributed by atoms with E-state index in [-0.39, 0.29) is 10.6 Å². The smallest absolute Gasteiger partial charge is 0.325 e. The number of carboxylic acid groups (broad SMARTS) is 1. The molecule has 5 heteroatoms. The largest absolute Gasteiger partial charge is 0.480 e. The summed E-state index contributed by atoms with van der Waals surface area (Å²) in [5, 5.41) is 11.8. The Morgan fingerprint density at radius 3 is 2.81 bits per heavy atom. The molecule has 86 valence electrons. The lowest BCUT2D eigenvalue weighted by Crippen LogP contribution is -2.28. The van der Waals surface area contributed by atoms with Gasteiger partial charge in [0, 0.05) is 11.6 Å². The minimum atomic E-state index is -1.09. The SMILES string of the molecule is C=CCNC(C(=O)O)c1cc(F)cc(Cl)c1. The number of benzene rings is 1. The van der Waals surface area contributed by atoms with E-state index in [1.165, 1.54) is 12.1 Å². The molecule has 0 fully saturated rings. The van der Waals surface area contributed by atoms with E-state index < -0.39 is 17.8 Å². The summed E-state index contributed by atoms with van der Waals surface area (Å²) in [7, 11) is 0. The number of hydrogen-bond donors (Lipinski definition) is 2. The highest BCUT2D eigenvalue weighted by Gasteiger charge is 2.19. The van der Waals surface area contributed by atoms with Gasteiger partial charge in [-0.2, -0.15) is 0 Å². The molecular formula is C11H11ClFNO2. The molecule has 1 rings (SSSR count). The van der Waals surface area contributed by atoms with Gasteiger partial charge in [0.1, 0.15) is 11.9 Å². The van der Waals surface area contributed by atoms with E-state index in [1.807, 2.05) is 0 Å². The van der Waals surface area contributed by atoms with Gasteiger partial charge in [0.2, 0.25) is 0 Å². The molecule has 1 aromatic carbocycles. The summed E-state index contributed by atoms with van der Waals surface area (Å²) in [4.78, 5) is 11.0. The van der Waals surface area contributed by atoms with Crippen LogP contribution in [0.5, 0.6) is 0 Å². The van der Waals surface area contributed by atoms with Gasteiger partial charge in [-0.05, 0) is 23.8 Å². The molecule has 0 amide bonds. The monoisotopic (exact) mass is 243 g/mol. The summed E-state index contributed by atoms with van der Waals surface area (Å²) < 4.78 is 13.0. The Morgan fingerprint density at radius 1 is 1.62 bits per heavy atom. The van der Waals surface area contributed by atoms with Gasteiger partial charge >= 0.3 is 5.97 Å². The Balaban J connectivity index is 3.00. The van der Waals surface area contributed by atoms with Crippen molar-refractivity contribution in [2.45, 2.75) is 6.04 Å². The van der Waals surface area contributed by atoms with Crippen molar-refractivity contribution in [3.63, 3.8) is 0 Å². The molecule has 3 nitrogen and oxygen atoms in total. The number of nitrogens with one attached hydrogen (secondary N) is 1. The van der Waals surface area contributed by atoms with Gasteiger partial charge < -0.3 is 5.11 Å². The Hall–Kier alpha value is -1.39. The lowest BCUT2D eigenvalue weighted by molar-refractivity contribution is -0.139. The van der Waals surface area contributed by atoms with Crippen molar-refractivity contribution in [2.75, 3.05) is 6.54 Å². The van der Waals surface area contributed by atoms with E-state index in [1.54, 1.807) is 0 Å². The van der Waals surface area contributed by atoms with Crippen LogP contribution in [0.4, 0.5) is 4.39 Å². The topological polar surface area (TPSA) is 49.3 Å². The fraction of sp³-hybridized carbons (Fsp3) is 0.182. The molecule has 1 aromatic rings. The van der Waals surface area contributed by atoms with Gasteiger partial charge in [-0.1, -0.05) is 17.7 Å². The maximum absolute atomic E-state index is 13.0. The van der Waals surface area contributed by atoms with Crippen LogP contribution in [0, 0.1) is 5.82 Å². The van der Waals surface area contributed by atoms with Crippen molar-refractivity contribution in [1.82, 2.24) is 5.32 Å². The van der Waals surface area contributed by atoms with Crippen LogP contribution in [-0.2, 0) is 4.79 Å². The van der Waals surface area contributed by atoms with Crippen LogP contribution in [0.1, 0.15) is 11.6 Å².